The van der Waals surface area contributed by atoms with Crippen LogP contribution in [-0.4, -0.2) is 55.0 Å². The molecular formula is C17H30N2O2. The van der Waals surface area contributed by atoms with Crippen molar-refractivity contribution in [1.29, 1.82) is 0 Å². The monoisotopic (exact) mass is 294 g/mol. The van der Waals surface area contributed by atoms with Gasteiger partial charge < -0.3 is 15.2 Å². The van der Waals surface area contributed by atoms with Crippen molar-refractivity contribution in [2.45, 2.75) is 75.2 Å². The van der Waals surface area contributed by atoms with Gasteiger partial charge in [-0.2, -0.15) is 0 Å². The minimum Gasteiger partial charge on any atom is -0.375 e. The fourth-order valence-electron chi connectivity index (χ4n) is 5.14. The molecule has 1 saturated carbocycles. The Bertz CT molecular complexity index is 370. The van der Waals surface area contributed by atoms with Crippen molar-refractivity contribution in [3.63, 3.8) is 0 Å². The lowest BCUT2D eigenvalue weighted by Gasteiger charge is -2.44. The van der Waals surface area contributed by atoms with E-state index in [2.05, 4.69) is 4.90 Å². The molecule has 4 fully saturated rings. The Morgan fingerprint density at radius 2 is 2.00 bits per heavy atom. The Morgan fingerprint density at radius 1 is 1.14 bits per heavy atom. The summed E-state index contributed by atoms with van der Waals surface area (Å²) in [6.45, 7) is 4.09. The largest absolute Gasteiger partial charge is 0.375 e. The van der Waals surface area contributed by atoms with E-state index in [1.807, 2.05) is 0 Å². The Hall–Kier alpha value is -0.160. The normalized spacial score (nSPS) is 41.3. The van der Waals surface area contributed by atoms with Crippen molar-refractivity contribution < 1.29 is 9.47 Å². The number of fused-ring (bicyclic) bond motifs is 1. The maximum Gasteiger partial charge on any atom is 0.0856 e. The Balaban J connectivity index is 1.38. The number of ether oxygens (including phenoxy) is 2. The van der Waals surface area contributed by atoms with Gasteiger partial charge in [-0.3, -0.25) is 4.90 Å². The summed E-state index contributed by atoms with van der Waals surface area (Å²) in [5.74, 6) is 0.584. The maximum absolute atomic E-state index is 6.65. The molecule has 4 atom stereocenters. The zero-order valence-electron chi connectivity index (χ0n) is 13.1. The first kappa shape index (κ1) is 14.4. The van der Waals surface area contributed by atoms with Gasteiger partial charge in [0.25, 0.3) is 0 Å². The van der Waals surface area contributed by atoms with Gasteiger partial charge in [0.2, 0.25) is 0 Å². The van der Waals surface area contributed by atoms with E-state index in [-0.39, 0.29) is 17.7 Å². The Morgan fingerprint density at radius 3 is 2.86 bits per heavy atom. The first-order valence-electron chi connectivity index (χ1n) is 9.01. The summed E-state index contributed by atoms with van der Waals surface area (Å²) in [5.41, 5.74) is 6.82. The third-order valence-electron chi connectivity index (χ3n) is 6.44. The lowest BCUT2D eigenvalue weighted by molar-refractivity contribution is -0.117. The molecule has 3 saturated heterocycles. The number of hydrogen-bond acceptors (Lipinski definition) is 4. The summed E-state index contributed by atoms with van der Waals surface area (Å²) in [7, 11) is 0. The molecule has 3 aliphatic heterocycles. The van der Waals surface area contributed by atoms with Crippen molar-refractivity contribution in [2.75, 3.05) is 26.3 Å². The van der Waals surface area contributed by atoms with Gasteiger partial charge in [-0.25, -0.2) is 0 Å². The molecule has 21 heavy (non-hydrogen) atoms. The van der Waals surface area contributed by atoms with Gasteiger partial charge in [-0.1, -0.05) is 12.8 Å². The Labute approximate surface area is 128 Å². The smallest absolute Gasteiger partial charge is 0.0856 e. The van der Waals surface area contributed by atoms with Crippen LogP contribution in [-0.2, 0) is 9.47 Å². The molecular weight excluding hydrogens is 264 g/mol. The zero-order chi connectivity index (χ0) is 14.3. The van der Waals surface area contributed by atoms with Crippen molar-refractivity contribution in [3.8, 4) is 0 Å². The minimum absolute atomic E-state index is 0.172. The molecule has 4 unspecified atom stereocenters. The van der Waals surface area contributed by atoms with E-state index in [1.54, 1.807) is 0 Å². The van der Waals surface area contributed by atoms with Gasteiger partial charge in [0.15, 0.2) is 0 Å². The number of nitrogens with two attached hydrogens (primary N) is 1. The maximum atomic E-state index is 6.65. The highest BCUT2D eigenvalue weighted by Crippen LogP contribution is 2.43. The highest BCUT2D eigenvalue weighted by molar-refractivity contribution is 4.97. The molecule has 4 aliphatic rings. The van der Waals surface area contributed by atoms with Crippen LogP contribution in [0.15, 0.2) is 0 Å². The highest BCUT2D eigenvalue weighted by Gasteiger charge is 2.44. The molecule has 1 aliphatic carbocycles. The second kappa shape index (κ2) is 5.80. The van der Waals surface area contributed by atoms with Crippen LogP contribution >= 0.6 is 0 Å². The topological polar surface area (TPSA) is 47.7 Å². The molecule has 0 aromatic carbocycles. The number of nitrogens with zero attached hydrogens (tertiary/aromatic N) is 1. The van der Waals surface area contributed by atoms with Crippen molar-refractivity contribution in [1.82, 2.24) is 4.90 Å². The van der Waals surface area contributed by atoms with Crippen molar-refractivity contribution >= 4 is 0 Å². The van der Waals surface area contributed by atoms with Crippen LogP contribution in [0.3, 0.4) is 0 Å². The summed E-state index contributed by atoms with van der Waals surface area (Å²) in [4.78, 5) is 2.61. The predicted molar refractivity (Wildman–Crippen MR) is 82.2 cm³/mol. The summed E-state index contributed by atoms with van der Waals surface area (Å²) >= 11 is 0. The number of morpholine rings is 1. The lowest BCUT2D eigenvalue weighted by Crippen LogP contribution is -2.56. The standard InChI is InChI=1S/C17H30N2O2/c18-16(15-11-19-8-3-4-14(19)12-20-15)13-5-9-21-17(10-13)6-1-2-7-17/h13-16H,1-12,18H2. The van der Waals surface area contributed by atoms with E-state index in [1.165, 1.54) is 45.1 Å². The van der Waals surface area contributed by atoms with Gasteiger partial charge in [0, 0.05) is 25.2 Å². The summed E-state index contributed by atoms with van der Waals surface area (Å²) in [6, 6.07) is 0.859. The fourth-order valence-corrected chi connectivity index (χ4v) is 5.14. The van der Waals surface area contributed by atoms with E-state index >= 15 is 0 Å². The number of hydrogen-bond donors (Lipinski definition) is 1. The van der Waals surface area contributed by atoms with Crippen molar-refractivity contribution in [2.24, 2.45) is 11.7 Å². The van der Waals surface area contributed by atoms with Gasteiger partial charge in [0.1, 0.15) is 0 Å². The first-order valence-corrected chi connectivity index (χ1v) is 9.01. The molecule has 4 rings (SSSR count). The van der Waals surface area contributed by atoms with Crippen LogP contribution in [0.1, 0.15) is 51.4 Å². The van der Waals surface area contributed by atoms with Gasteiger partial charge in [0.05, 0.1) is 18.3 Å². The molecule has 4 nitrogen and oxygen atoms in total. The van der Waals surface area contributed by atoms with E-state index in [4.69, 9.17) is 15.2 Å². The molecule has 0 aromatic rings. The van der Waals surface area contributed by atoms with Crippen LogP contribution in [0.4, 0.5) is 0 Å². The second-order valence-electron chi connectivity index (χ2n) is 7.73. The SMILES string of the molecule is NC(C1CCOC2(CCCC2)C1)C1CN2CCCC2CO1. The molecule has 2 N–H and O–H groups in total. The Kier molecular flexibility index (Phi) is 3.99. The van der Waals surface area contributed by atoms with Gasteiger partial charge >= 0.3 is 0 Å². The molecule has 120 valence electrons. The lowest BCUT2D eigenvalue weighted by atomic mass is 9.79. The predicted octanol–water partition coefficient (Wildman–Crippen LogP) is 1.92. The second-order valence-corrected chi connectivity index (χ2v) is 7.73. The number of rotatable bonds is 2. The molecule has 3 heterocycles. The first-order chi connectivity index (χ1) is 10.3. The van der Waals surface area contributed by atoms with Crippen LogP contribution in [0.2, 0.25) is 0 Å². The fraction of sp³-hybridized carbons (Fsp3) is 1.00. The zero-order valence-corrected chi connectivity index (χ0v) is 13.1. The van der Waals surface area contributed by atoms with Gasteiger partial charge in [-0.05, 0) is 51.0 Å². The van der Waals surface area contributed by atoms with Crippen LogP contribution in [0.5, 0.6) is 0 Å². The van der Waals surface area contributed by atoms with E-state index in [0.717, 1.165) is 32.6 Å². The quantitative estimate of drug-likeness (QED) is 0.845. The summed E-state index contributed by atoms with van der Waals surface area (Å²) in [6.07, 6.45) is 10.3. The average Bonchev–Trinajstić information content (AvgIpc) is 3.15. The van der Waals surface area contributed by atoms with Crippen LogP contribution in [0.25, 0.3) is 0 Å². The molecule has 0 radical (unpaired) electrons. The molecule has 4 heteroatoms. The van der Waals surface area contributed by atoms with E-state index in [9.17, 15) is 0 Å². The average molecular weight is 294 g/mol. The molecule has 0 aromatic heterocycles. The van der Waals surface area contributed by atoms with Crippen molar-refractivity contribution in [3.05, 3.63) is 0 Å². The van der Waals surface area contributed by atoms with E-state index in [0.29, 0.717) is 12.0 Å². The third kappa shape index (κ3) is 2.76. The van der Waals surface area contributed by atoms with Crippen LogP contribution < -0.4 is 5.73 Å². The third-order valence-corrected chi connectivity index (χ3v) is 6.44. The molecule has 0 amide bonds. The highest BCUT2D eigenvalue weighted by atomic mass is 16.5. The minimum atomic E-state index is 0.172. The summed E-state index contributed by atoms with van der Waals surface area (Å²) in [5, 5.41) is 0. The van der Waals surface area contributed by atoms with E-state index < -0.39 is 0 Å². The molecule has 1 spiro atoms. The molecule has 0 bridgehead atoms. The van der Waals surface area contributed by atoms with Gasteiger partial charge in [-0.15, -0.1) is 0 Å². The van der Waals surface area contributed by atoms with Crippen LogP contribution in [0, 0.1) is 5.92 Å². The summed E-state index contributed by atoms with van der Waals surface area (Å²) < 4.78 is 12.3.